The van der Waals surface area contributed by atoms with Crippen LogP contribution in [0.5, 0.6) is 0 Å². The van der Waals surface area contributed by atoms with Crippen LogP contribution in [0.15, 0.2) is 47.4 Å². The van der Waals surface area contributed by atoms with Gasteiger partial charge in [0.2, 0.25) is 0 Å². The maximum atomic E-state index is 5.79. The molecule has 0 saturated carbocycles. The lowest BCUT2D eigenvalue weighted by Crippen LogP contribution is -1.89. The minimum atomic E-state index is 0.811. The molecule has 2 nitrogen and oxygen atoms in total. The van der Waals surface area contributed by atoms with Gasteiger partial charge < -0.3 is 11.5 Å². The summed E-state index contributed by atoms with van der Waals surface area (Å²) >= 11 is 1.79. The van der Waals surface area contributed by atoms with E-state index in [2.05, 4.69) is 19.1 Å². The second-order valence-corrected chi connectivity index (χ2v) is 5.08. The SMILES string of the molecule is Cc1ccc(N)cc1SCc1cccc(N)c1. The molecule has 0 unspecified atom stereocenters. The van der Waals surface area contributed by atoms with Crippen molar-refractivity contribution >= 4 is 23.1 Å². The molecule has 0 spiro atoms. The molecule has 0 aliphatic rings. The second kappa shape index (κ2) is 5.15. The first kappa shape index (κ1) is 11.9. The number of rotatable bonds is 3. The van der Waals surface area contributed by atoms with E-state index in [1.165, 1.54) is 16.0 Å². The highest BCUT2D eigenvalue weighted by atomic mass is 32.2. The molecule has 0 amide bonds. The van der Waals surface area contributed by atoms with Gasteiger partial charge in [-0.3, -0.25) is 0 Å². The van der Waals surface area contributed by atoms with Gasteiger partial charge in [0, 0.05) is 22.0 Å². The molecule has 2 rings (SSSR count). The molecular formula is C14H16N2S. The number of hydrogen-bond acceptors (Lipinski definition) is 3. The van der Waals surface area contributed by atoms with E-state index in [-0.39, 0.29) is 0 Å². The highest BCUT2D eigenvalue weighted by molar-refractivity contribution is 7.98. The summed E-state index contributed by atoms with van der Waals surface area (Å²) in [6.45, 7) is 2.10. The third-order valence-corrected chi connectivity index (χ3v) is 3.79. The fraction of sp³-hybridized carbons (Fsp3) is 0.143. The first-order valence-corrected chi connectivity index (χ1v) is 6.47. The van der Waals surface area contributed by atoms with E-state index in [1.54, 1.807) is 11.8 Å². The van der Waals surface area contributed by atoms with Gasteiger partial charge in [-0.25, -0.2) is 0 Å². The van der Waals surface area contributed by atoms with Crippen LogP contribution in [0.25, 0.3) is 0 Å². The van der Waals surface area contributed by atoms with Crippen molar-refractivity contribution < 1.29 is 0 Å². The van der Waals surface area contributed by atoms with E-state index in [4.69, 9.17) is 11.5 Å². The van der Waals surface area contributed by atoms with Gasteiger partial charge in [-0.15, -0.1) is 11.8 Å². The molecular weight excluding hydrogens is 228 g/mol. The molecule has 4 N–H and O–H groups in total. The molecule has 0 aliphatic heterocycles. The molecule has 0 atom stereocenters. The molecule has 0 fully saturated rings. The Morgan fingerprint density at radius 3 is 2.53 bits per heavy atom. The number of hydrogen-bond donors (Lipinski definition) is 2. The summed E-state index contributed by atoms with van der Waals surface area (Å²) in [7, 11) is 0. The Hall–Kier alpha value is -1.61. The number of anilines is 2. The van der Waals surface area contributed by atoms with E-state index in [1.807, 2.05) is 30.3 Å². The average molecular weight is 244 g/mol. The lowest BCUT2D eigenvalue weighted by molar-refractivity contribution is 1.29. The molecule has 0 aliphatic carbocycles. The smallest absolute Gasteiger partial charge is 0.0325 e. The van der Waals surface area contributed by atoms with Gasteiger partial charge in [-0.2, -0.15) is 0 Å². The maximum Gasteiger partial charge on any atom is 0.0325 e. The Balaban J connectivity index is 2.09. The zero-order chi connectivity index (χ0) is 12.3. The number of aryl methyl sites for hydroxylation is 1. The zero-order valence-electron chi connectivity index (χ0n) is 9.81. The van der Waals surface area contributed by atoms with E-state index >= 15 is 0 Å². The normalized spacial score (nSPS) is 10.4. The minimum absolute atomic E-state index is 0.811. The standard InChI is InChI=1S/C14H16N2S/c1-10-5-6-13(16)8-14(10)17-9-11-3-2-4-12(15)7-11/h2-8H,9,15-16H2,1H3. The molecule has 0 heterocycles. The summed E-state index contributed by atoms with van der Waals surface area (Å²) in [6.07, 6.45) is 0. The van der Waals surface area contributed by atoms with Gasteiger partial charge in [0.05, 0.1) is 0 Å². The first-order chi connectivity index (χ1) is 8.15. The monoisotopic (exact) mass is 244 g/mol. The van der Waals surface area contributed by atoms with Crippen LogP contribution in [0.4, 0.5) is 11.4 Å². The van der Waals surface area contributed by atoms with Crippen LogP contribution >= 0.6 is 11.8 Å². The van der Waals surface area contributed by atoms with E-state index in [9.17, 15) is 0 Å². The molecule has 0 saturated heterocycles. The number of benzene rings is 2. The summed E-state index contributed by atoms with van der Waals surface area (Å²) in [5.74, 6) is 0.912. The van der Waals surface area contributed by atoms with Gasteiger partial charge in [-0.05, 0) is 42.3 Å². The Morgan fingerprint density at radius 1 is 1.00 bits per heavy atom. The van der Waals surface area contributed by atoms with Crippen molar-refractivity contribution in [2.75, 3.05) is 11.5 Å². The predicted molar refractivity (Wildman–Crippen MR) is 76.0 cm³/mol. The fourth-order valence-corrected chi connectivity index (χ4v) is 2.63. The van der Waals surface area contributed by atoms with Crippen LogP contribution in [-0.4, -0.2) is 0 Å². The molecule has 0 radical (unpaired) electrons. The van der Waals surface area contributed by atoms with Crippen molar-refractivity contribution in [3.05, 3.63) is 53.6 Å². The lowest BCUT2D eigenvalue weighted by Gasteiger charge is -2.07. The van der Waals surface area contributed by atoms with Gasteiger partial charge >= 0.3 is 0 Å². The average Bonchev–Trinajstić information content (AvgIpc) is 2.30. The fourth-order valence-electron chi connectivity index (χ4n) is 1.62. The van der Waals surface area contributed by atoms with E-state index < -0.39 is 0 Å². The predicted octanol–water partition coefficient (Wildman–Crippen LogP) is 3.45. The summed E-state index contributed by atoms with van der Waals surface area (Å²) < 4.78 is 0. The Bertz CT molecular complexity index is 523. The van der Waals surface area contributed by atoms with Crippen LogP contribution in [0.1, 0.15) is 11.1 Å². The van der Waals surface area contributed by atoms with Gasteiger partial charge in [0.25, 0.3) is 0 Å². The van der Waals surface area contributed by atoms with Gasteiger partial charge in [0.15, 0.2) is 0 Å². The number of nitrogens with two attached hydrogens (primary N) is 2. The highest BCUT2D eigenvalue weighted by Gasteiger charge is 2.01. The highest BCUT2D eigenvalue weighted by Crippen LogP contribution is 2.28. The summed E-state index contributed by atoms with van der Waals surface area (Å²) in [5, 5.41) is 0. The Kier molecular flexibility index (Phi) is 3.59. The Labute approximate surface area is 106 Å². The Morgan fingerprint density at radius 2 is 1.76 bits per heavy atom. The van der Waals surface area contributed by atoms with Crippen LogP contribution in [0.3, 0.4) is 0 Å². The summed E-state index contributed by atoms with van der Waals surface area (Å²) in [4.78, 5) is 1.23. The number of thioether (sulfide) groups is 1. The zero-order valence-corrected chi connectivity index (χ0v) is 10.6. The van der Waals surface area contributed by atoms with Crippen LogP contribution in [0.2, 0.25) is 0 Å². The van der Waals surface area contributed by atoms with Crippen LogP contribution in [0, 0.1) is 6.92 Å². The largest absolute Gasteiger partial charge is 0.399 e. The van der Waals surface area contributed by atoms with Crippen molar-refractivity contribution in [3.63, 3.8) is 0 Å². The molecule has 0 aromatic heterocycles. The van der Waals surface area contributed by atoms with Crippen LogP contribution in [-0.2, 0) is 5.75 Å². The van der Waals surface area contributed by atoms with Crippen molar-refractivity contribution in [2.24, 2.45) is 0 Å². The molecule has 88 valence electrons. The number of nitrogen functional groups attached to an aromatic ring is 2. The van der Waals surface area contributed by atoms with E-state index in [0.29, 0.717) is 0 Å². The second-order valence-electron chi connectivity index (χ2n) is 4.06. The molecule has 17 heavy (non-hydrogen) atoms. The quantitative estimate of drug-likeness (QED) is 0.642. The molecule has 2 aromatic carbocycles. The van der Waals surface area contributed by atoms with Crippen LogP contribution < -0.4 is 11.5 Å². The van der Waals surface area contributed by atoms with Gasteiger partial charge in [0.1, 0.15) is 0 Å². The van der Waals surface area contributed by atoms with E-state index in [0.717, 1.165) is 17.1 Å². The molecule has 3 heteroatoms. The van der Waals surface area contributed by atoms with Crippen molar-refractivity contribution in [1.29, 1.82) is 0 Å². The molecule has 0 bridgehead atoms. The van der Waals surface area contributed by atoms with Crippen molar-refractivity contribution in [3.8, 4) is 0 Å². The maximum absolute atomic E-state index is 5.79. The first-order valence-electron chi connectivity index (χ1n) is 5.48. The van der Waals surface area contributed by atoms with Crippen molar-refractivity contribution in [2.45, 2.75) is 17.6 Å². The third-order valence-electron chi connectivity index (χ3n) is 2.56. The topological polar surface area (TPSA) is 52.0 Å². The summed E-state index contributed by atoms with van der Waals surface area (Å²) in [6, 6.07) is 14.0. The van der Waals surface area contributed by atoms with Crippen molar-refractivity contribution in [1.82, 2.24) is 0 Å². The lowest BCUT2D eigenvalue weighted by atomic mass is 10.2. The molecule has 2 aromatic rings. The minimum Gasteiger partial charge on any atom is -0.399 e. The third kappa shape index (κ3) is 3.17. The van der Waals surface area contributed by atoms with Gasteiger partial charge in [-0.1, -0.05) is 18.2 Å². The summed E-state index contributed by atoms with van der Waals surface area (Å²) in [5.41, 5.74) is 15.7.